The molecule has 2 atom stereocenters. The molecule has 0 saturated carbocycles. The van der Waals surface area contributed by atoms with E-state index in [2.05, 4.69) is 5.32 Å². The molecule has 7 heteroatoms. The van der Waals surface area contributed by atoms with Crippen LogP contribution >= 0.6 is 0 Å². The number of carbonyl (C=O) groups is 3. The maximum absolute atomic E-state index is 12.9. The molecule has 31 heavy (non-hydrogen) atoms. The van der Waals surface area contributed by atoms with Gasteiger partial charge in [0.05, 0.1) is 12.5 Å². The predicted octanol–water partition coefficient (Wildman–Crippen LogP) is 3.11. The molecule has 166 valence electrons. The number of rotatable bonds is 13. The summed E-state index contributed by atoms with van der Waals surface area (Å²) in [4.78, 5) is 36.5. The van der Waals surface area contributed by atoms with Gasteiger partial charge in [0.2, 0.25) is 12.3 Å². The molecule has 0 saturated heterocycles. The first kappa shape index (κ1) is 24.1. The zero-order valence-corrected chi connectivity index (χ0v) is 17.8. The average Bonchev–Trinajstić information content (AvgIpc) is 2.80. The average molecular weight is 427 g/mol. The Balaban J connectivity index is 2.10. The number of hydrogen-bond acceptors (Lipinski definition) is 5. The topological polar surface area (TPSA) is 95.9 Å². The second-order valence-electron chi connectivity index (χ2n) is 7.41. The van der Waals surface area contributed by atoms with E-state index in [4.69, 9.17) is 4.74 Å². The molecular formula is C24H30N2O5. The molecule has 2 aromatic rings. The van der Waals surface area contributed by atoms with Crippen LogP contribution in [0.4, 0.5) is 0 Å². The fraction of sp³-hybridized carbons (Fsp3) is 0.375. The van der Waals surface area contributed by atoms with Crippen LogP contribution in [0.2, 0.25) is 0 Å². The molecule has 0 aliphatic rings. The Hall–Kier alpha value is -3.19. The van der Waals surface area contributed by atoms with Crippen molar-refractivity contribution in [1.29, 1.82) is 0 Å². The minimum absolute atomic E-state index is 0.107. The van der Waals surface area contributed by atoms with Crippen LogP contribution in [0.3, 0.4) is 0 Å². The van der Waals surface area contributed by atoms with Gasteiger partial charge in [0, 0.05) is 6.42 Å². The smallest absolute Gasteiger partial charge is 0.329 e. The molecule has 0 aromatic heterocycles. The second kappa shape index (κ2) is 13.2. The molecular weight excluding hydrogens is 396 g/mol. The fourth-order valence-electron chi connectivity index (χ4n) is 3.19. The molecule has 0 aliphatic carbocycles. The molecule has 0 spiro atoms. The lowest BCUT2D eigenvalue weighted by Crippen LogP contribution is -2.47. The van der Waals surface area contributed by atoms with Gasteiger partial charge >= 0.3 is 5.97 Å². The number of ether oxygens (including phenoxy) is 1. The van der Waals surface area contributed by atoms with E-state index in [9.17, 15) is 19.6 Å². The monoisotopic (exact) mass is 426 g/mol. The van der Waals surface area contributed by atoms with Gasteiger partial charge in [0.1, 0.15) is 12.6 Å². The quantitative estimate of drug-likeness (QED) is 0.222. The first-order valence-corrected chi connectivity index (χ1v) is 10.5. The SMILES string of the molecule is CCCCC(CN(O)C=O)C(=O)NC(Cc1ccccc1)C(=O)OCc1ccccc1. The molecule has 0 bridgehead atoms. The zero-order valence-electron chi connectivity index (χ0n) is 17.8. The number of amides is 2. The maximum Gasteiger partial charge on any atom is 0.329 e. The summed E-state index contributed by atoms with van der Waals surface area (Å²) in [6.45, 7) is 1.96. The summed E-state index contributed by atoms with van der Waals surface area (Å²) in [5, 5.41) is 12.8. The third kappa shape index (κ3) is 8.60. The Kier molecular flexibility index (Phi) is 10.2. The summed E-state index contributed by atoms with van der Waals surface area (Å²) in [6, 6.07) is 17.8. The number of benzene rings is 2. The number of carbonyl (C=O) groups excluding carboxylic acids is 3. The highest BCUT2D eigenvalue weighted by molar-refractivity contribution is 5.86. The molecule has 0 aliphatic heterocycles. The summed E-state index contributed by atoms with van der Waals surface area (Å²) in [6.07, 6.45) is 2.65. The van der Waals surface area contributed by atoms with Crippen LogP contribution in [0.15, 0.2) is 60.7 Å². The molecule has 0 fully saturated rings. The van der Waals surface area contributed by atoms with Crippen molar-refractivity contribution in [2.75, 3.05) is 6.54 Å². The van der Waals surface area contributed by atoms with Crippen molar-refractivity contribution in [2.45, 2.75) is 45.3 Å². The maximum atomic E-state index is 12.9. The van der Waals surface area contributed by atoms with E-state index >= 15 is 0 Å². The van der Waals surface area contributed by atoms with Crippen LogP contribution in [-0.4, -0.2) is 41.1 Å². The van der Waals surface area contributed by atoms with E-state index in [-0.39, 0.29) is 26.0 Å². The molecule has 0 heterocycles. The number of unbranched alkanes of at least 4 members (excludes halogenated alkanes) is 1. The summed E-state index contributed by atoms with van der Waals surface area (Å²) < 4.78 is 5.46. The van der Waals surface area contributed by atoms with Gasteiger partial charge in [-0.1, -0.05) is 80.4 Å². The Morgan fingerprint density at radius 3 is 2.26 bits per heavy atom. The highest BCUT2D eigenvalue weighted by atomic mass is 16.5. The normalized spacial score (nSPS) is 12.5. The van der Waals surface area contributed by atoms with Gasteiger partial charge in [-0.3, -0.25) is 14.8 Å². The molecule has 2 unspecified atom stereocenters. The lowest BCUT2D eigenvalue weighted by molar-refractivity contribution is -0.156. The number of esters is 1. The molecule has 0 radical (unpaired) electrons. The van der Waals surface area contributed by atoms with Crippen molar-refractivity contribution >= 4 is 18.3 Å². The van der Waals surface area contributed by atoms with Crippen molar-refractivity contribution in [1.82, 2.24) is 10.4 Å². The number of hydrogen-bond donors (Lipinski definition) is 2. The van der Waals surface area contributed by atoms with Crippen molar-refractivity contribution in [2.24, 2.45) is 5.92 Å². The fourth-order valence-corrected chi connectivity index (χ4v) is 3.19. The van der Waals surface area contributed by atoms with Crippen LogP contribution in [0.5, 0.6) is 0 Å². The Morgan fingerprint density at radius 1 is 1.06 bits per heavy atom. The van der Waals surface area contributed by atoms with Crippen molar-refractivity contribution in [3.63, 3.8) is 0 Å². The van der Waals surface area contributed by atoms with Crippen molar-refractivity contribution in [3.8, 4) is 0 Å². The third-order valence-electron chi connectivity index (χ3n) is 4.91. The number of nitrogens with one attached hydrogen (secondary N) is 1. The number of hydroxylamine groups is 2. The Bertz CT molecular complexity index is 813. The van der Waals surface area contributed by atoms with E-state index < -0.39 is 23.8 Å². The lowest BCUT2D eigenvalue weighted by atomic mass is 9.99. The zero-order chi connectivity index (χ0) is 22.5. The van der Waals surface area contributed by atoms with E-state index in [0.717, 1.165) is 24.0 Å². The third-order valence-corrected chi connectivity index (χ3v) is 4.91. The van der Waals surface area contributed by atoms with Gasteiger partial charge < -0.3 is 10.1 Å². The van der Waals surface area contributed by atoms with Gasteiger partial charge in [-0.15, -0.1) is 0 Å². The standard InChI is InChI=1S/C24H30N2O5/c1-2-3-14-21(16-26(30)18-27)23(28)25-22(15-19-10-6-4-7-11-19)24(29)31-17-20-12-8-5-9-13-20/h4-13,18,21-22,30H,2-3,14-17H2,1H3,(H,25,28). The number of nitrogens with zero attached hydrogens (tertiary/aromatic N) is 1. The highest BCUT2D eigenvalue weighted by Gasteiger charge is 2.28. The molecule has 2 rings (SSSR count). The van der Waals surface area contributed by atoms with Gasteiger partial charge in [0.15, 0.2) is 0 Å². The van der Waals surface area contributed by atoms with Crippen LogP contribution in [0.25, 0.3) is 0 Å². The second-order valence-corrected chi connectivity index (χ2v) is 7.41. The van der Waals surface area contributed by atoms with Crippen LogP contribution in [0.1, 0.15) is 37.3 Å². The largest absolute Gasteiger partial charge is 0.459 e. The molecule has 7 nitrogen and oxygen atoms in total. The predicted molar refractivity (Wildman–Crippen MR) is 116 cm³/mol. The van der Waals surface area contributed by atoms with Gasteiger partial charge in [-0.2, -0.15) is 0 Å². The van der Waals surface area contributed by atoms with Crippen LogP contribution in [0, 0.1) is 5.92 Å². The minimum Gasteiger partial charge on any atom is -0.459 e. The molecule has 2 aromatic carbocycles. The first-order valence-electron chi connectivity index (χ1n) is 10.5. The van der Waals surface area contributed by atoms with E-state index in [0.29, 0.717) is 11.5 Å². The van der Waals surface area contributed by atoms with E-state index in [1.807, 2.05) is 67.6 Å². The Morgan fingerprint density at radius 2 is 1.68 bits per heavy atom. The summed E-state index contributed by atoms with van der Waals surface area (Å²) in [5.41, 5.74) is 1.73. The summed E-state index contributed by atoms with van der Waals surface area (Å²) in [5.74, 6) is -1.56. The van der Waals surface area contributed by atoms with Crippen molar-refractivity contribution in [3.05, 3.63) is 71.8 Å². The van der Waals surface area contributed by atoms with Crippen LogP contribution < -0.4 is 5.32 Å². The molecule has 2 N–H and O–H groups in total. The van der Waals surface area contributed by atoms with Gasteiger partial charge in [0.25, 0.3) is 0 Å². The Labute approximate surface area is 183 Å². The minimum atomic E-state index is -0.883. The van der Waals surface area contributed by atoms with Crippen LogP contribution in [-0.2, 0) is 32.1 Å². The highest BCUT2D eigenvalue weighted by Crippen LogP contribution is 2.13. The summed E-state index contributed by atoms with van der Waals surface area (Å²) >= 11 is 0. The van der Waals surface area contributed by atoms with E-state index in [1.54, 1.807) is 0 Å². The van der Waals surface area contributed by atoms with Crippen molar-refractivity contribution < 1.29 is 24.3 Å². The lowest BCUT2D eigenvalue weighted by Gasteiger charge is -2.23. The molecule has 2 amide bonds. The van der Waals surface area contributed by atoms with Gasteiger partial charge in [-0.05, 0) is 17.5 Å². The first-order chi connectivity index (χ1) is 15.0. The van der Waals surface area contributed by atoms with E-state index in [1.165, 1.54) is 0 Å². The summed E-state index contributed by atoms with van der Waals surface area (Å²) in [7, 11) is 0. The van der Waals surface area contributed by atoms with Gasteiger partial charge in [-0.25, -0.2) is 9.86 Å².